The third-order valence-corrected chi connectivity index (χ3v) is 2.49. The molecule has 0 aliphatic carbocycles. The average Bonchev–Trinajstić information content (AvgIpc) is 2.81. The number of hydrogen-bond acceptors (Lipinski definition) is 6. The first kappa shape index (κ1) is 12.0. The molecule has 2 heterocycles. The lowest BCUT2D eigenvalue weighted by Crippen LogP contribution is -2.09. The fourth-order valence-electron chi connectivity index (χ4n) is 1.70. The van der Waals surface area contributed by atoms with Crippen LogP contribution in [0.1, 0.15) is 22.7 Å². The van der Waals surface area contributed by atoms with Crippen molar-refractivity contribution in [2.24, 2.45) is 0 Å². The number of nitriles is 1. The van der Waals surface area contributed by atoms with Crippen LogP contribution in [-0.2, 0) is 6.42 Å². The van der Waals surface area contributed by atoms with Crippen LogP contribution in [0.2, 0.25) is 0 Å². The average molecular weight is 243 g/mol. The molecular formula is C12H13N5O. The third kappa shape index (κ3) is 2.63. The van der Waals surface area contributed by atoms with Gasteiger partial charge in [0.25, 0.3) is 0 Å². The molecule has 2 rings (SSSR count). The highest BCUT2D eigenvalue weighted by molar-refractivity contribution is 5.56. The minimum Gasteiger partial charge on any atom is -0.368 e. The van der Waals surface area contributed by atoms with Gasteiger partial charge < -0.3 is 9.84 Å². The fourth-order valence-corrected chi connectivity index (χ4v) is 1.70. The lowest BCUT2D eigenvalue weighted by Gasteiger charge is -2.09. The number of aromatic nitrogens is 3. The summed E-state index contributed by atoms with van der Waals surface area (Å²) in [5.41, 5.74) is 2.38. The smallest absolute Gasteiger partial charge is 0.228 e. The molecule has 1 N–H and O–H groups in total. The summed E-state index contributed by atoms with van der Waals surface area (Å²) in [4.78, 5) is 8.25. The summed E-state index contributed by atoms with van der Waals surface area (Å²) in [7, 11) is 0. The van der Waals surface area contributed by atoms with Gasteiger partial charge in [-0.2, -0.15) is 10.2 Å². The monoisotopic (exact) mass is 243 g/mol. The quantitative estimate of drug-likeness (QED) is 0.877. The molecule has 2 aromatic rings. The van der Waals surface area contributed by atoms with Gasteiger partial charge in [0.15, 0.2) is 6.33 Å². The highest BCUT2D eigenvalue weighted by Crippen LogP contribution is 2.17. The van der Waals surface area contributed by atoms with Crippen molar-refractivity contribution in [3.63, 3.8) is 0 Å². The molecule has 0 amide bonds. The van der Waals surface area contributed by atoms with Crippen molar-refractivity contribution >= 4 is 5.82 Å². The number of hydrogen-bond donors (Lipinski definition) is 1. The van der Waals surface area contributed by atoms with Crippen LogP contribution < -0.4 is 5.32 Å². The van der Waals surface area contributed by atoms with Crippen molar-refractivity contribution in [3.05, 3.63) is 35.1 Å². The zero-order valence-corrected chi connectivity index (χ0v) is 10.3. The number of nitrogens with one attached hydrogen (secondary N) is 1. The van der Waals surface area contributed by atoms with E-state index in [1.807, 2.05) is 19.9 Å². The number of anilines is 1. The molecule has 0 radical (unpaired) electrons. The second-order valence-corrected chi connectivity index (χ2v) is 3.93. The number of aryl methyl sites for hydroxylation is 2. The Morgan fingerprint density at radius 3 is 2.94 bits per heavy atom. The van der Waals surface area contributed by atoms with E-state index in [1.165, 1.54) is 6.33 Å². The summed E-state index contributed by atoms with van der Waals surface area (Å²) in [5.74, 6) is 1.17. The molecule has 0 spiro atoms. The second-order valence-electron chi connectivity index (χ2n) is 3.93. The van der Waals surface area contributed by atoms with E-state index in [2.05, 4.69) is 26.5 Å². The largest absolute Gasteiger partial charge is 0.368 e. The van der Waals surface area contributed by atoms with E-state index < -0.39 is 0 Å². The lowest BCUT2D eigenvalue weighted by molar-refractivity contribution is 0.379. The van der Waals surface area contributed by atoms with Gasteiger partial charge in [0.2, 0.25) is 5.89 Å². The van der Waals surface area contributed by atoms with Gasteiger partial charge in [-0.3, -0.25) is 0 Å². The van der Waals surface area contributed by atoms with E-state index in [-0.39, 0.29) is 0 Å². The van der Waals surface area contributed by atoms with Crippen LogP contribution in [0, 0.1) is 25.2 Å². The maximum atomic E-state index is 9.10. The summed E-state index contributed by atoms with van der Waals surface area (Å²) in [6.07, 6.45) is 1.96. The summed E-state index contributed by atoms with van der Waals surface area (Å²) in [6, 6.07) is 4.05. The second kappa shape index (κ2) is 5.27. The summed E-state index contributed by atoms with van der Waals surface area (Å²) in [5, 5.41) is 15.8. The van der Waals surface area contributed by atoms with Crippen molar-refractivity contribution in [2.75, 3.05) is 11.9 Å². The summed E-state index contributed by atoms with van der Waals surface area (Å²) in [6.45, 7) is 4.39. The zero-order chi connectivity index (χ0) is 13.0. The maximum Gasteiger partial charge on any atom is 0.228 e. The summed E-state index contributed by atoms with van der Waals surface area (Å²) < 4.78 is 4.89. The van der Waals surface area contributed by atoms with Crippen LogP contribution in [0.3, 0.4) is 0 Å². The van der Waals surface area contributed by atoms with Crippen LogP contribution in [-0.4, -0.2) is 21.7 Å². The normalized spacial score (nSPS) is 10.1. The number of nitrogens with zero attached hydrogens (tertiary/aromatic N) is 4. The summed E-state index contributed by atoms with van der Waals surface area (Å²) >= 11 is 0. The van der Waals surface area contributed by atoms with Gasteiger partial charge in [0.05, 0.1) is 5.56 Å². The van der Waals surface area contributed by atoms with E-state index in [9.17, 15) is 0 Å². The Morgan fingerprint density at radius 1 is 1.44 bits per heavy atom. The molecule has 0 aliphatic rings. The molecule has 0 unspecified atom stereocenters. The first-order valence-electron chi connectivity index (χ1n) is 5.58. The van der Waals surface area contributed by atoms with Crippen molar-refractivity contribution in [2.45, 2.75) is 20.3 Å². The molecule has 0 fully saturated rings. The Kier molecular flexibility index (Phi) is 3.53. The van der Waals surface area contributed by atoms with Gasteiger partial charge in [0.1, 0.15) is 11.9 Å². The highest BCUT2D eigenvalue weighted by Gasteiger charge is 2.08. The maximum absolute atomic E-state index is 9.10. The first-order valence-corrected chi connectivity index (χ1v) is 5.58. The molecule has 2 aromatic heterocycles. The molecule has 0 saturated carbocycles. The van der Waals surface area contributed by atoms with Gasteiger partial charge in [-0.25, -0.2) is 4.98 Å². The van der Waals surface area contributed by atoms with Crippen molar-refractivity contribution in [1.29, 1.82) is 5.26 Å². The van der Waals surface area contributed by atoms with Gasteiger partial charge in [0, 0.05) is 18.7 Å². The topological polar surface area (TPSA) is 87.6 Å². The van der Waals surface area contributed by atoms with Gasteiger partial charge in [-0.05, 0) is 25.5 Å². The van der Waals surface area contributed by atoms with Crippen LogP contribution in [0.25, 0.3) is 0 Å². The molecule has 0 bridgehead atoms. The van der Waals surface area contributed by atoms with Gasteiger partial charge >= 0.3 is 0 Å². The third-order valence-electron chi connectivity index (χ3n) is 2.49. The lowest BCUT2D eigenvalue weighted by atomic mass is 10.1. The molecule has 92 valence electrons. The molecule has 18 heavy (non-hydrogen) atoms. The molecule has 6 heteroatoms. The minimum atomic E-state index is 0.561. The predicted molar refractivity (Wildman–Crippen MR) is 64.9 cm³/mol. The number of pyridine rings is 1. The Hall–Kier alpha value is -2.42. The zero-order valence-electron chi connectivity index (χ0n) is 10.3. The fraction of sp³-hybridized carbons (Fsp3) is 0.333. The molecule has 0 atom stereocenters. The van der Waals surface area contributed by atoms with E-state index in [1.54, 1.807) is 0 Å². The van der Waals surface area contributed by atoms with Crippen molar-refractivity contribution in [3.8, 4) is 6.07 Å². The molecule has 0 aromatic carbocycles. The van der Waals surface area contributed by atoms with E-state index in [0.717, 1.165) is 11.3 Å². The SMILES string of the molecule is Cc1cc(C)c(C#N)c(NCCc2ncno2)n1. The van der Waals surface area contributed by atoms with Crippen LogP contribution in [0.5, 0.6) is 0 Å². The van der Waals surface area contributed by atoms with Crippen molar-refractivity contribution in [1.82, 2.24) is 15.1 Å². The van der Waals surface area contributed by atoms with Crippen LogP contribution in [0.15, 0.2) is 16.9 Å². The predicted octanol–water partition coefficient (Wildman–Crippen LogP) is 1.61. The Bertz CT molecular complexity index is 571. The molecule has 0 saturated heterocycles. The van der Waals surface area contributed by atoms with E-state index in [4.69, 9.17) is 9.78 Å². The standard InChI is InChI=1S/C12H13N5O/c1-8-5-9(2)17-12(10(8)6-13)14-4-3-11-15-7-16-18-11/h5,7H,3-4H2,1-2H3,(H,14,17). The van der Waals surface area contributed by atoms with Gasteiger partial charge in [-0.1, -0.05) is 5.16 Å². The van der Waals surface area contributed by atoms with Crippen molar-refractivity contribution < 1.29 is 4.52 Å². The Morgan fingerprint density at radius 2 is 2.28 bits per heavy atom. The highest BCUT2D eigenvalue weighted by atomic mass is 16.5. The first-order chi connectivity index (χ1) is 8.70. The van der Waals surface area contributed by atoms with Crippen LogP contribution in [0.4, 0.5) is 5.82 Å². The van der Waals surface area contributed by atoms with E-state index >= 15 is 0 Å². The Labute approximate surface area is 105 Å². The minimum absolute atomic E-state index is 0.561. The van der Waals surface area contributed by atoms with Gasteiger partial charge in [-0.15, -0.1) is 0 Å². The van der Waals surface area contributed by atoms with Crippen LogP contribution >= 0.6 is 0 Å². The van der Waals surface area contributed by atoms with E-state index in [0.29, 0.717) is 30.2 Å². The molecule has 0 aliphatic heterocycles. The molecular weight excluding hydrogens is 230 g/mol. The Balaban J connectivity index is 2.07. The number of rotatable bonds is 4. The molecule has 6 nitrogen and oxygen atoms in total.